The molecule has 6 heterocycles. The van der Waals surface area contributed by atoms with Crippen LogP contribution in [0.15, 0.2) is 103 Å². The van der Waals surface area contributed by atoms with Gasteiger partial charge in [0.25, 0.3) is 0 Å². The van der Waals surface area contributed by atoms with Gasteiger partial charge in [-0.05, 0) is 165 Å². The molecule has 0 unspecified atom stereocenters. The van der Waals surface area contributed by atoms with Crippen LogP contribution in [0.5, 0.6) is 11.8 Å². The molecule has 83 heavy (non-hydrogen) atoms. The minimum absolute atomic E-state index is 0. The average molecular weight is 1590 g/mol. The smallest absolute Gasteiger partial charge is 0.481 e. The van der Waals surface area contributed by atoms with E-state index >= 15 is 0 Å². The Bertz CT molecular complexity index is 2400. The average Bonchev–Trinajstić information content (AvgIpc) is 3.33. The first-order valence-corrected chi connectivity index (χ1v) is 28.7. The summed E-state index contributed by atoms with van der Waals surface area (Å²) in [5.41, 5.74) is 3.35. The minimum Gasteiger partial charge on any atom is -0.481 e. The molecule has 0 atom stereocenters. The van der Waals surface area contributed by atoms with Gasteiger partial charge in [-0.1, -0.05) is 137 Å². The zero-order valence-electron chi connectivity index (χ0n) is 52.0. The summed E-state index contributed by atoms with van der Waals surface area (Å²) in [6.07, 6.45) is 31.8. The van der Waals surface area contributed by atoms with Gasteiger partial charge in [0.05, 0.1) is 58.1 Å². The molecule has 6 N–H and O–H groups in total. The number of pyridine rings is 4. The number of hydrogen-bond acceptors (Lipinski definition) is 12. The monoisotopic (exact) mass is 1590 g/mol. The summed E-state index contributed by atoms with van der Waals surface area (Å²) in [7, 11) is 2.73. The first-order valence-electron chi connectivity index (χ1n) is 27.2. The van der Waals surface area contributed by atoms with E-state index in [1.165, 1.54) is 97.0 Å². The number of aromatic nitrogens is 4. The number of nitrogens with zero attached hydrogens (tertiary/aromatic N) is 4. The standard InChI is InChI=1S/C18H24N2.C12H24B2O4.2C8H12.C6H6BCl2NO3.C6H5Cl2NO.2CH4O.2Ir/c1-17(2,3)13-7-9-19-15(11-13)16-12-14(8-10-20-16)18(4,5)6;1-9(2)10(3,4)16-13(15-9)14-17-11(5,6)12(7,8)18-14;2*1-2-4-6-8-7-5-3-1;1-13-6-3(7(11)12)2-4(8)5(9)10-6;1-10-5-3-2-4(7)6(8)9-5;2*1-2;;/h7-12H,1-6H3;1-8H3;2*1-2,7-8H,3-6H2;2,11-12H,1H3;2-3H,1H3;2*2H,1H3;;/p+2/b;;2*2-1-,8-7?;;;;;;. The van der Waals surface area contributed by atoms with Crippen LogP contribution in [-0.4, -0.2) is 112 Å². The Morgan fingerprint density at radius 3 is 1.07 bits per heavy atom. The number of rotatable bonds is 5. The SMILES string of the molecule is C1=CCC/C=C\CC1.C1=CCC/C=C\CC1.CC(C)(C)c1ccnc(-c2cc(C(C)(C)C)ccn2)c1.CC1(C)OB(B2OC(C)(C)C(C)(C)O2)OC1(C)C.COc1ccc(Cl)c(Cl)n1.COc1nc(Cl)c(Cl)cc1B(O)O.C[OH2+].C[OH2+].[Ir].[Ir]. The van der Waals surface area contributed by atoms with Gasteiger partial charge in [-0.2, -0.15) is 0 Å². The van der Waals surface area contributed by atoms with E-state index in [-0.39, 0.29) is 100 Å². The molecule has 8 rings (SSSR count). The first kappa shape index (κ1) is 82.6. The number of allylic oxidation sites excluding steroid dienone is 8. The van der Waals surface area contributed by atoms with E-state index in [0.29, 0.717) is 10.9 Å². The van der Waals surface area contributed by atoms with Crippen molar-refractivity contribution >= 4 is 73.0 Å². The molecular weight excluding hydrogens is 1500 g/mol. The van der Waals surface area contributed by atoms with E-state index in [9.17, 15) is 0 Å². The molecule has 0 bridgehead atoms. The Morgan fingerprint density at radius 2 is 0.807 bits per heavy atom. The fraction of sp³-hybridized carbons (Fsp3) is 0.533. The summed E-state index contributed by atoms with van der Waals surface area (Å²) >= 11 is 22.4. The zero-order valence-corrected chi connectivity index (χ0v) is 59.8. The summed E-state index contributed by atoms with van der Waals surface area (Å²) in [5.74, 6) is 0.513. The fourth-order valence-electron chi connectivity index (χ4n) is 7.11. The maximum absolute atomic E-state index is 8.88. The topological polar surface area (TPSA) is 193 Å². The van der Waals surface area contributed by atoms with Gasteiger partial charge in [0, 0.05) is 64.1 Å². The first-order chi connectivity index (χ1) is 37.9. The van der Waals surface area contributed by atoms with Gasteiger partial charge in [-0.25, -0.2) is 9.97 Å². The zero-order chi connectivity index (χ0) is 61.8. The molecule has 2 radical (unpaired) electrons. The van der Waals surface area contributed by atoms with Gasteiger partial charge in [0.2, 0.25) is 11.8 Å². The van der Waals surface area contributed by atoms with Crippen LogP contribution in [0.4, 0.5) is 0 Å². The van der Waals surface area contributed by atoms with E-state index in [1.54, 1.807) is 12.1 Å². The molecule has 0 spiro atoms. The molecule has 2 aliphatic heterocycles. The van der Waals surface area contributed by atoms with Crippen LogP contribution >= 0.6 is 46.4 Å². The quantitative estimate of drug-likeness (QED) is 0.0832. The number of hydrogen-bond donors (Lipinski definition) is 2. The maximum atomic E-state index is 8.88. The second-order valence-corrected chi connectivity index (χ2v) is 24.2. The van der Waals surface area contributed by atoms with Crippen LogP contribution in [-0.2, 0) is 69.7 Å². The Balaban J connectivity index is 0. The summed E-state index contributed by atoms with van der Waals surface area (Å²) in [5, 5.41) is 30.2. The molecular formula is C60H93B3Cl4Ir2N4O10+2. The molecule has 0 amide bonds. The summed E-state index contributed by atoms with van der Waals surface area (Å²) < 4.78 is 33.4. The maximum Gasteiger partial charge on any atom is 0.494 e. The van der Waals surface area contributed by atoms with Crippen LogP contribution in [0.25, 0.3) is 11.4 Å². The number of ether oxygens (including phenoxy) is 2. The van der Waals surface area contributed by atoms with Crippen molar-refractivity contribution in [2.75, 3.05) is 28.4 Å². The Labute approximate surface area is 545 Å². The third-order valence-corrected chi connectivity index (χ3v) is 14.7. The van der Waals surface area contributed by atoms with Crippen molar-refractivity contribution in [2.45, 2.75) is 182 Å². The molecule has 4 aromatic heterocycles. The normalized spacial score (nSPS) is 17.4. The van der Waals surface area contributed by atoms with E-state index in [1.807, 2.05) is 67.8 Å². The van der Waals surface area contributed by atoms with E-state index in [0.717, 1.165) is 11.4 Å². The second-order valence-electron chi connectivity index (χ2n) is 22.7. The second kappa shape index (κ2) is 40.1. The van der Waals surface area contributed by atoms with Crippen molar-refractivity contribution in [1.29, 1.82) is 0 Å². The molecule has 0 saturated carbocycles. The molecule has 0 aromatic carbocycles. The van der Waals surface area contributed by atoms with Crippen molar-refractivity contribution in [1.82, 2.24) is 19.9 Å². The van der Waals surface area contributed by atoms with Crippen molar-refractivity contribution in [3.05, 3.63) is 135 Å². The van der Waals surface area contributed by atoms with Crippen LogP contribution < -0.4 is 14.9 Å². The van der Waals surface area contributed by atoms with Crippen molar-refractivity contribution in [3.8, 4) is 23.1 Å². The van der Waals surface area contributed by atoms with Gasteiger partial charge in [0.1, 0.15) is 14.2 Å². The fourth-order valence-corrected chi connectivity index (χ4v) is 7.66. The van der Waals surface area contributed by atoms with Crippen LogP contribution in [0, 0.1) is 0 Å². The molecule has 466 valence electrons. The predicted molar refractivity (Wildman–Crippen MR) is 341 cm³/mol. The molecule has 4 aliphatic rings. The van der Waals surface area contributed by atoms with E-state index < -0.39 is 21.1 Å². The van der Waals surface area contributed by atoms with Gasteiger partial charge >= 0.3 is 21.1 Å². The largest absolute Gasteiger partial charge is 0.494 e. The number of methoxy groups -OCH3 is 2. The van der Waals surface area contributed by atoms with Crippen LogP contribution in [0.3, 0.4) is 0 Å². The third-order valence-electron chi connectivity index (χ3n) is 13.3. The molecule has 23 heteroatoms. The molecule has 2 aliphatic carbocycles. The minimum atomic E-state index is -1.68. The van der Waals surface area contributed by atoms with Gasteiger partial charge in [-0.3, -0.25) is 9.97 Å². The van der Waals surface area contributed by atoms with Gasteiger partial charge in [0.15, 0.2) is 10.3 Å². The third kappa shape index (κ3) is 28.9. The molecule has 2 fully saturated rings. The van der Waals surface area contributed by atoms with Crippen molar-refractivity contribution in [2.24, 2.45) is 0 Å². The molecule has 4 aromatic rings. The number of halogens is 4. The summed E-state index contributed by atoms with van der Waals surface area (Å²) in [6, 6.07) is 13.0. The van der Waals surface area contributed by atoms with E-state index in [4.69, 9.17) is 94.8 Å². The van der Waals surface area contributed by atoms with Crippen molar-refractivity contribution in [3.63, 3.8) is 0 Å². The summed E-state index contributed by atoms with van der Waals surface area (Å²) in [4.78, 5) is 16.5. The molecule has 2 saturated heterocycles. The van der Waals surface area contributed by atoms with Crippen LogP contribution in [0.1, 0.15) is 159 Å². The van der Waals surface area contributed by atoms with Gasteiger partial charge < -0.3 is 48.4 Å². The predicted octanol–water partition coefficient (Wildman–Crippen LogP) is 13.5. The Morgan fingerprint density at radius 1 is 0.494 bits per heavy atom. The molecule has 14 nitrogen and oxygen atoms in total. The Hall–Kier alpha value is -2.51. The Kier molecular flexibility index (Phi) is 39.9. The van der Waals surface area contributed by atoms with Gasteiger partial charge in [-0.15, -0.1) is 0 Å². The van der Waals surface area contributed by atoms with E-state index in [2.05, 4.69) is 134 Å². The van der Waals surface area contributed by atoms with Crippen molar-refractivity contribution < 1.29 is 88.6 Å². The summed E-state index contributed by atoms with van der Waals surface area (Å²) in [6.45, 7) is 29.5. The van der Waals surface area contributed by atoms with Crippen LogP contribution in [0.2, 0.25) is 20.4 Å².